The molecule has 1 rings (SSSR count). The minimum Gasteiger partial charge on any atom is -0.390 e. The number of ether oxygens (including phenoxy) is 1. The van der Waals surface area contributed by atoms with Crippen LogP contribution in [0.4, 0.5) is 0 Å². The molecule has 0 aliphatic carbocycles. The molecule has 0 aromatic rings. The Bertz CT molecular complexity index is 183. The van der Waals surface area contributed by atoms with Crippen LogP contribution in [0.1, 0.15) is 27.2 Å². The van der Waals surface area contributed by atoms with Gasteiger partial charge in [-0.3, -0.25) is 0 Å². The van der Waals surface area contributed by atoms with Crippen molar-refractivity contribution in [1.29, 1.82) is 0 Å². The van der Waals surface area contributed by atoms with Gasteiger partial charge in [-0.25, -0.2) is 0 Å². The van der Waals surface area contributed by atoms with Gasteiger partial charge in [-0.2, -0.15) is 0 Å². The number of hydrogen-bond acceptors (Lipinski definition) is 4. The maximum atomic E-state index is 9.78. The first-order chi connectivity index (χ1) is 6.43. The summed E-state index contributed by atoms with van der Waals surface area (Å²) in [6.45, 7) is 5.77. The third kappa shape index (κ3) is 2.45. The Labute approximate surface area is 84.5 Å². The molecule has 0 spiro atoms. The highest BCUT2D eigenvalue weighted by atomic mass is 16.6. The molecule has 5 atom stereocenters. The van der Waals surface area contributed by atoms with Crippen LogP contribution in [-0.4, -0.2) is 39.9 Å². The van der Waals surface area contributed by atoms with Crippen molar-refractivity contribution < 1.29 is 20.1 Å². The van der Waals surface area contributed by atoms with Gasteiger partial charge in [0, 0.05) is 5.92 Å². The van der Waals surface area contributed by atoms with Gasteiger partial charge >= 0.3 is 0 Å². The van der Waals surface area contributed by atoms with Gasteiger partial charge < -0.3 is 20.1 Å². The first kappa shape index (κ1) is 11.9. The molecule has 1 fully saturated rings. The van der Waals surface area contributed by atoms with E-state index in [-0.39, 0.29) is 12.0 Å². The number of hydrogen-bond donors (Lipinski definition) is 3. The van der Waals surface area contributed by atoms with Crippen LogP contribution in [0.3, 0.4) is 0 Å². The summed E-state index contributed by atoms with van der Waals surface area (Å²) in [6.07, 6.45) is -2.54. The molecule has 0 aromatic heterocycles. The van der Waals surface area contributed by atoms with E-state index in [9.17, 15) is 15.3 Å². The predicted molar refractivity (Wildman–Crippen MR) is 51.5 cm³/mol. The van der Waals surface area contributed by atoms with Crippen LogP contribution in [0.25, 0.3) is 0 Å². The third-order valence-corrected chi connectivity index (χ3v) is 2.77. The molecule has 0 bridgehead atoms. The minimum atomic E-state index is -1.17. The second-order valence-corrected chi connectivity index (χ2v) is 4.53. The maximum Gasteiger partial charge on any atom is 0.181 e. The Morgan fingerprint density at radius 3 is 2.21 bits per heavy atom. The molecular weight excluding hydrogens is 184 g/mol. The quantitative estimate of drug-likeness (QED) is 0.597. The van der Waals surface area contributed by atoms with Crippen LogP contribution in [0.15, 0.2) is 0 Å². The van der Waals surface area contributed by atoms with E-state index in [0.717, 1.165) is 0 Å². The van der Waals surface area contributed by atoms with E-state index < -0.39 is 18.5 Å². The van der Waals surface area contributed by atoms with E-state index in [1.54, 1.807) is 6.92 Å². The number of aliphatic hydroxyl groups is 3. The largest absolute Gasteiger partial charge is 0.390 e. The lowest BCUT2D eigenvalue weighted by Gasteiger charge is -2.40. The molecule has 0 aromatic carbocycles. The van der Waals surface area contributed by atoms with Crippen LogP contribution in [0, 0.1) is 11.8 Å². The van der Waals surface area contributed by atoms with E-state index in [0.29, 0.717) is 12.3 Å². The van der Waals surface area contributed by atoms with Crippen LogP contribution >= 0.6 is 0 Å². The summed E-state index contributed by atoms with van der Waals surface area (Å²) in [6, 6.07) is 0. The van der Waals surface area contributed by atoms with Gasteiger partial charge in [0.25, 0.3) is 0 Å². The maximum absolute atomic E-state index is 9.78. The summed E-state index contributed by atoms with van der Waals surface area (Å²) in [7, 11) is 0. The average Bonchev–Trinajstić information content (AvgIpc) is 2.10. The van der Waals surface area contributed by atoms with Gasteiger partial charge in [0.2, 0.25) is 0 Å². The van der Waals surface area contributed by atoms with Gasteiger partial charge in [-0.05, 0) is 12.3 Å². The molecule has 0 radical (unpaired) electrons. The van der Waals surface area contributed by atoms with Crippen LogP contribution < -0.4 is 0 Å². The lowest BCUT2D eigenvalue weighted by molar-refractivity contribution is -0.267. The zero-order valence-corrected chi connectivity index (χ0v) is 8.92. The normalized spacial score (nSPS) is 44.4. The second kappa shape index (κ2) is 4.57. The summed E-state index contributed by atoms with van der Waals surface area (Å²) in [4.78, 5) is 0. The fraction of sp³-hybridized carbons (Fsp3) is 1.00. The van der Waals surface area contributed by atoms with E-state index in [1.165, 1.54) is 0 Å². The summed E-state index contributed by atoms with van der Waals surface area (Å²) in [5, 5.41) is 28.6. The van der Waals surface area contributed by atoms with Crippen molar-refractivity contribution in [1.82, 2.24) is 0 Å². The van der Waals surface area contributed by atoms with Crippen molar-refractivity contribution in [3.05, 3.63) is 0 Å². The lowest BCUT2D eigenvalue weighted by Crippen LogP contribution is -2.53. The zero-order chi connectivity index (χ0) is 10.9. The minimum absolute atomic E-state index is 0.345. The molecule has 3 N–H and O–H groups in total. The summed E-state index contributed by atoms with van der Waals surface area (Å²) in [5.41, 5.74) is 0. The molecule has 0 amide bonds. The molecule has 14 heavy (non-hydrogen) atoms. The van der Waals surface area contributed by atoms with Crippen LogP contribution in [0.2, 0.25) is 0 Å². The first-order valence-corrected chi connectivity index (χ1v) is 5.13. The standard InChI is InChI=1S/C10H20O4/c1-5(2)4-7-8(11)6(3)9(12)10(13)14-7/h5-13H,4H2,1-3H3/t6-,7+,8-,9+,10+/m0/s1. The van der Waals surface area contributed by atoms with E-state index >= 15 is 0 Å². The van der Waals surface area contributed by atoms with Crippen molar-refractivity contribution >= 4 is 0 Å². The zero-order valence-electron chi connectivity index (χ0n) is 8.92. The molecule has 1 aliphatic rings. The Morgan fingerprint density at radius 1 is 1.14 bits per heavy atom. The Morgan fingerprint density at radius 2 is 1.71 bits per heavy atom. The molecule has 4 heteroatoms. The smallest absolute Gasteiger partial charge is 0.181 e. The fourth-order valence-electron chi connectivity index (χ4n) is 1.80. The summed E-state index contributed by atoms with van der Waals surface area (Å²) < 4.78 is 5.15. The molecule has 4 nitrogen and oxygen atoms in total. The van der Waals surface area contributed by atoms with Crippen molar-refractivity contribution in [2.24, 2.45) is 11.8 Å². The van der Waals surface area contributed by atoms with Gasteiger partial charge in [-0.1, -0.05) is 20.8 Å². The molecule has 0 saturated carbocycles. The van der Waals surface area contributed by atoms with Crippen molar-refractivity contribution in [3.8, 4) is 0 Å². The molecular formula is C10H20O4. The average molecular weight is 204 g/mol. The van der Waals surface area contributed by atoms with E-state index in [1.807, 2.05) is 13.8 Å². The van der Waals surface area contributed by atoms with Gasteiger partial charge in [0.05, 0.1) is 12.2 Å². The van der Waals surface area contributed by atoms with E-state index in [2.05, 4.69) is 0 Å². The van der Waals surface area contributed by atoms with Crippen molar-refractivity contribution in [3.63, 3.8) is 0 Å². The van der Waals surface area contributed by atoms with Crippen molar-refractivity contribution in [2.75, 3.05) is 0 Å². The predicted octanol–water partition coefficient (Wildman–Crippen LogP) is 0.108. The van der Waals surface area contributed by atoms with Crippen molar-refractivity contribution in [2.45, 2.75) is 51.8 Å². The topological polar surface area (TPSA) is 69.9 Å². The molecule has 1 saturated heterocycles. The SMILES string of the molecule is CC(C)C[C@H]1O[C@@H](O)[C@H](O)[C@@H](C)[C@@H]1O. The Hall–Kier alpha value is -0.160. The monoisotopic (exact) mass is 204 g/mol. The Balaban J connectivity index is 2.60. The van der Waals surface area contributed by atoms with Gasteiger partial charge in [0.1, 0.15) is 6.10 Å². The van der Waals surface area contributed by atoms with E-state index in [4.69, 9.17) is 4.74 Å². The lowest BCUT2D eigenvalue weighted by atomic mass is 9.87. The van der Waals surface area contributed by atoms with Crippen LogP contribution in [0.5, 0.6) is 0 Å². The number of rotatable bonds is 2. The highest BCUT2D eigenvalue weighted by Crippen LogP contribution is 2.28. The van der Waals surface area contributed by atoms with Gasteiger partial charge in [-0.15, -0.1) is 0 Å². The molecule has 1 aliphatic heterocycles. The molecule has 1 heterocycles. The Kier molecular flexibility index (Phi) is 3.89. The van der Waals surface area contributed by atoms with Gasteiger partial charge in [0.15, 0.2) is 6.29 Å². The molecule has 84 valence electrons. The first-order valence-electron chi connectivity index (χ1n) is 5.13. The highest BCUT2D eigenvalue weighted by molar-refractivity contribution is 4.86. The van der Waals surface area contributed by atoms with Crippen LogP contribution in [-0.2, 0) is 4.74 Å². The second-order valence-electron chi connectivity index (χ2n) is 4.53. The third-order valence-electron chi connectivity index (χ3n) is 2.77. The number of aliphatic hydroxyl groups excluding tert-OH is 3. The highest BCUT2D eigenvalue weighted by Gasteiger charge is 2.41. The summed E-state index contributed by atoms with van der Waals surface area (Å²) in [5.74, 6) is 0.0480. The molecule has 0 unspecified atom stereocenters. The summed E-state index contributed by atoms with van der Waals surface area (Å²) >= 11 is 0. The fourth-order valence-corrected chi connectivity index (χ4v) is 1.80.